The average Bonchev–Trinajstić information content (AvgIpc) is 3.47. The zero-order chi connectivity index (χ0) is 35.1. The number of hydrogen-bond acceptors (Lipinski definition) is 6. The average molecular weight is 747 g/mol. The molecule has 3 N–H and O–H groups in total. The summed E-state index contributed by atoms with van der Waals surface area (Å²) in [7, 11) is 0. The molecule has 0 fully saturated rings. The van der Waals surface area contributed by atoms with Gasteiger partial charge in [0.2, 0.25) is 0 Å². The Labute approximate surface area is 299 Å². The molecule has 1 amide bonds. The molecule has 8 rings (SSSR count). The quantitative estimate of drug-likeness (QED) is 0.0971. The summed E-state index contributed by atoms with van der Waals surface area (Å²) in [6, 6.07) is 32.4. The normalized spacial score (nSPS) is 18.2. The molecule has 3 aliphatic rings. The van der Waals surface area contributed by atoms with Crippen LogP contribution in [0, 0.1) is 5.92 Å². The number of benzene rings is 4. The van der Waals surface area contributed by atoms with E-state index in [0.717, 1.165) is 19.3 Å². The van der Waals surface area contributed by atoms with E-state index in [1.54, 1.807) is 23.0 Å². The Morgan fingerprint density at radius 2 is 1.70 bits per heavy atom. The summed E-state index contributed by atoms with van der Waals surface area (Å²) in [6.45, 7) is 3.67. The van der Waals surface area contributed by atoms with Crippen molar-refractivity contribution in [3.05, 3.63) is 153 Å². The number of allylic oxidation sites excluding steroid dienone is 4. The standard InChI is InChI=1S/C25H22.C8H10AsNO5.C8H7NS/c1-17-15-25-21-10-6-5-9-19(21)11-13-23(25)22-14-12-20(16-24(17)22)18-7-3-2-4-8-18;1-6(11)10-8-5-3-2-4-7(8)9(12,13)15-14;1-4-9-5-2-8-7(1)3-6-10-8/h2-14,17,20H,15-16H2,1H3;2-5,14H,1H3,(H,10,11)(H,12,13);2-6H,1H2. The van der Waals surface area contributed by atoms with Gasteiger partial charge < -0.3 is 0 Å². The largest absolute Gasteiger partial charge is 0.0761 e. The predicted molar refractivity (Wildman–Crippen MR) is 205 cm³/mol. The molecule has 50 heavy (non-hydrogen) atoms. The molecule has 7 nitrogen and oxygen atoms in total. The van der Waals surface area contributed by atoms with Crippen LogP contribution in [-0.4, -0.2) is 35.6 Å². The number of nitrogens with one attached hydrogen (secondary N) is 1. The van der Waals surface area contributed by atoms with Gasteiger partial charge in [-0.25, -0.2) is 0 Å². The van der Waals surface area contributed by atoms with Gasteiger partial charge in [-0.1, -0.05) is 91.4 Å². The van der Waals surface area contributed by atoms with Crippen molar-refractivity contribution in [3.63, 3.8) is 0 Å². The molecule has 0 radical (unpaired) electrons. The fraction of sp³-hybridized carbons (Fsp3) is 0.171. The van der Waals surface area contributed by atoms with E-state index in [1.165, 1.54) is 68.6 Å². The summed E-state index contributed by atoms with van der Waals surface area (Å²) in [5.41, 5.74) is 9.08. The molecule has 3 unspecified atom stereocenters. The van der Waals surface area contributed by atoms with E-state index < -0.39 is 14.2 Å². The van der Waals surface area contributed by atoms with Gasteiger partial charge in [0.05, 0.1) is 0 Å². The Morgan fingerprint density at radius 1 is 0.940 bits per heavy atom. The maximum absolute atomic E-state index is 11.4. The molecule has 3 atom stereocenters. The smallest absolute Gasteiger partial charge is 0.00589 e. The van der Waals surface area contributed by atoms with E-state index in [4.69, 9.17) is 5.26 Å². The Bertz CT molecular complexity index is 2170. The third kappa shape index (κ3) is 8.07. The molecule has 0 saturated carbocycles. The second-order valence-electron chi connectivity index (χ2n) is 12.4. The first-order chi connectivity index (χ1) is 24.2. The van der Waals surface area contributed by atoms with Crippen molar-refractivity contribution < 1.29 is 21.8 Å². The van der Waals surface area contributed by atoms with Crippen LogP contribution in [0.25, 0.3) is 22.4 Å². The van der Waals surface area contributed by atoms with Crippen LogP contribution in [0.1, 0.15) is 53.3 Å². The van der Waals surface area contributed by atoms with Crippen molar-refractivity contribution in [2.75, 3.05) is 5.32 Å². The van der Waals surface area contributed by atoms with Gasteiger partial charge in [-0.3, -0.25) is 4.99 Å². The van der Waals surface area contributed by atoms with Gasteiger partial charge >= 0.3 is 88.4 Å². The minimum absolute atomic E-state index is 0.103. The molecular weight excluding hydrogens is 707 g/mol. The van der Waals surface area contributed by atoms with E-state index in [-0.39, 0.29) is 15.9 Å². The molecule has 2 aliphatic carbocycles. The maximum atomic E-state index is 11.4. The Kier molecular flexibility index (Phi) is 11.3. The Morgan fingerprint density at radius 3 is 2.50 bits per heavy atom. The minimum Gasteiger partial charge on any atom is -0.0761 e. The van der Waals surface area contributed by atoms with E-state index in [0.29, 0.717) is 11.8 Å². The molecule has 5 aromatic rings. The van der Waals surface area contributed by atoms with Crippen LogP contribution in [0.2, 0.25) is 0 Å². The SMILES string of the molecule is C1=Cc2sccc2CC=N1.CC(=O)Nc1ccccc1[As](=O)(O)OO.CC1Cc2c(ccc3ccccc23)C2=C1CC(c1ccccc1)C=C2. The number of carbonyl (C=O) groups excluding carboxylic acids is 1. The van der Waals surface area contributed by atoms with Crippen molar-refractivity contribution in [2.45, 2.75) is 39.0 Å². The molecule has 0 spiro atoms. The van der Waals surface area contributed by atoms with Crippen LogP contribution in [-0.2, 0) is 25.3 Å². The first-order valence-corrected chi connectivity index (χ1v) is 20.7. The summed E-state index contributed by atoms with van der Waals surface area (Å²) in [6.07, 6.45) is 13.9. The summed E-state index contributed by atoms with van der Waals surface area (Å²) < 4.78 is 24.1. The molecule has 9 heteroatoms. The van der Waals surface area contributed by atoms with Gasteiger partial charge in [0.1, 0.15) is 0 Å². The van der Waals surface area contributed by atoms with E-state index in [9.17, 15) is 12.6 Å². The number of carbonyl (C=O) groups is 1. The van der Waals surface area contributed by atoms with Crippen LogP contribution >= 0.6 is 11.3 Å². The van der Waals surface area contributed by atoms with Crippen molar-refractivity contribution in [1.29, 1.82) is 0 Å². The van der Waals surface area contributed by atoms with Gasteiger partial charge in [0, 0.05) is 29.6 Å². The third-order valence-electron chi connectivity index (χ3n) is 9.08. The molecule has 254 valence electrons. The van der Waals surface area contributed by atoms with E-state index in [1.807, 2.05) is 12.4 Å². The fourth-order valence-electron chi connectivity index (χ4n) is 6.67. The number of rotatable bonds is 4. The minimum atomic E-state index is -4.92. The van der Waals surface area contributed by atoms with Gasteiger partial charge in [0.15, 0.2) is 0 Å². The number of anilines is 1. The summed E-state index contributed by atoms with van der Waals surface area (Å²) in [5, 5.41) is 15.6. The third-order valence-corrected chi connectivity index (χ3v) is 12.6. The number of nitrogens with zero attached hydrogens (tertiary/aromatic N) is 1. The predicted octanol–water partition coefficient (Wildman–Crippen LogP) is 8.58. The van der Waals surface area contributed by atoms with E-state index >= 15 is 0 Å². The molecule has 2 heterocycles. The van der Waals surface area contributed by atoms with Gasteiger partial charge in [-0.2, -0.15) is 0 Å². The van der Waals surface area contributed by atoms with E-state index in [2.05, 4.69) is 118 Å². The maximum Gasteiger partial charge on any atom is 0.00589 e. The van der Waals surface area contributed by atoms with Crippen LogP contribution in [0.15, 0.2) is 131 Å². The molecule has 4 aromatic carbocycles. The second-order valence-corrected chi connectivity index (χ2v) is 16.9. The van der Waals surface area contributed by atoms with Gasteiger partial charge in [0.25, 0.3) is 0 Å². The number of thiophene rings is 1. The summed E-state index contributed by atoms with van der Waals surface area (Å²) >= 11 is -3.15. The Balaban J connectivity index is 0.000000146. The first-order valence-electron chi connectivity index (χ1n) is 16.5. The number of aliphatic imine (C=N–C) groups is 1. The van der Waals surface area contributed by atoms with Crippen LogP contribution in [0.4, 0.5) is 5.69 Å². The monoisotopic (exact) mass is 746 g/mol. The number of hydrogen-bond donors (Lipinski definition) is 3. The van der Waals surface area contributed by atoms with Crippen molar-refractivity contribution in [2.24, 2.45) is 10.9 Å². The number of para-hydroxylation sites is 1. The molecule has 0 bridgehead atoms. The van der Waals surface area contributed by atoms with Crippen molar-refractivity contribution in [3.8, 4) is 0 Å². The summed E-state index contributed by atoms with van der Waals surface area (Å²) in [4.78, 5) is 16.2. The zero-order valence-corrected chi connectivity index (χ0v) is 30.6. The molecule has 1 aromatic heterocycles. The van der Waals surface area contributed by atoms with Crippen molar-refractivity contribution in [1.82, 2.24) is 0 Å². The first kappa shape index (κ1) is 35.3. The zero-order valence-electron chi connectivity index (χ0n) is 27.9. The fourth-order valence-corrected chi connectivity index (χ4v) is 9.17. The van der Waals surface area contributed by atoms with Crippen LogP contribution in [0.3, 0.4) is 0 Å². The molecule has 1 aliphatic heterocycles. The number of amides is 1. The number of fused-ring (bicyclic) bond motifs is 5. The van der Waals surface area contributed by atoms with Crippen LogP contribution < -0.4 is 9.67 Å². The van der Waals surface area contributed by atoms with Gasteiger partial charge in [-0.15, -0.1) is 11.3 Å². The summed E-state index contributed by atoms with van der Waals surface area (Å²) in [5.74, 6) is 0.754. The topological polar surface area (TPSA) is 108 Å². The second kappa shape index (κ2) is 16.0. The van der Waals surface area contributed by atoms with Crippen molar-refractivity contribution >= 4 is 70.1 Å². The molecular formula is C41H39AsN2O5S. The van der Waals surface area contributed by atoms with Crippen LogP contribution in [0.5, 0.6) is 0 Å². The Hall–Kier alpha value is -4.56. The molecule has 0 saturated heterocycles. The van der Waals surface area contributed by atoms with Gasteiger partial charge in [-0.05, 0) is 74.9 Å².